The Hall–Kier alpha value is -1.23. The summed E-state index contributed by atoms with van der Waals surface area (Å²) in [7, 11) is 1.48. The molecule has 0 spiro atoms. The molecule has 5 heteroatoms. The molecule has 92 valence electrons. The normalized spacial score (nSPS) is 16.6. The van der Waals surface area contributed by atoms with Crippen LogP contribution in [0.15, 0.2) is 16.6 Å². The van der Waals surface area contributed by atoms with Gasteiger partial charge in [0.1, 0.15) is 0 Å². The van der Waals surface area contributed by atoms with Crippen molar-refractivity contribution in [3.63, 3.8) is 0 Å². The van der Waals surface area contributed by atoms with Gasteiger partial charge in [-0.2, -0.15) is 0 Å². The number of phenolic OH excluding ortho intramolecular Hbond substituents is 1. The average molecular weight is 301 g/mol. The molecule has 0 atom stereocenters. The van der Waals surface area contributed by atoms with E-state index in [0.717, 1.165) is 22.9 Å². The van der Waals surface area contributed by atoms with E-state index in [1.54, 1.807) is 12.1 Å². The Morgan fingerprint density at radius 2 is 2.18 bits per heavy atom. The first-order chi connectivity index (χ1) is 7.98. The second kappa shape index (κ2) is 4.22. The fourth-order valence-corrected chi connectivity index (χ4v) is 2.85. The first-order valence-corrected chi connectivity index (χ1v) is 6.06. The Kier molecular flexibility index (Phi) is 3.03. The molecule has 1 aliphatic rings. The van der Waals surface area contributed by atoms with Gasteiger partial charge in [-0.15, -0.1) is 0 Å². The summed E-state index contributed by atoms with van der Waals surface area (Å²) in [5.74, 6) is -0.379. The number of aliphatic carboxylic acids is 1. The zero-order valence-corrected chi connectivity index (χ0v) is 11.0. The van der Waals surface area contributed by atoms with Gasteiger partial charge in [0.25, 0.3) is 0 Å². The van der Waals surface area contributed by atoms with Crippen LogP contribution in [0.25, 0.3) is 0 Å². The number of halogens is 1. The van der Waals surface area contributed by atoms with E-state index in [4.69, 9.17) is 9.84 Å². The van der Waals surface area contributed by atoms with Gasteiger partial charge in [-0.25, -0.2) is 0 Å². The Labute approximate surface area is 107 Å². The minimum Gasteiger partial charge on any atom is -0.504 e. The predicted molar refractivity (Wildman–Crippen MR) is 65.5 cm³/mol. The number of methoxy groups -OCH3 is 1. The van der Waals surface area contributed by atoms with Crippen LogP contribution in [0.5, 0.6) is 11.5 Å². The maximum atomic E-state index is 10.9. The molecule has 0 radical (unpaired) electrons. The lowest BCUT2D eigenvalue weighted by molar-refractivity contribution is -0.137. The van der Waals surface area contributed by atoms with Crippen molar-refractivity contribution in [2.45, 2.75) is 24.7 Å². The molecule has 1 fully saturated rings. The molecule has 1 aliphatic carbocycles. The van der Waals surface area contributed by atoms with E-state index in [9.17, 15) is 9.90 Å². The second-order valence-electron chi connectivity index (χ2n) is 4.35. The lowest BCUT2D eigenvalue weighted by Gasteiger charge is -2.17. The second-order valence-corrected chi connectivity index (χ2v) is 5.21. The Morgan fingerprint density at radius 3 is 2.65 bits per heavy atom. The number of hydrogen-bond acceptors (Lipinski definition) is 3. The molecule has 4 nitrogen and oxygen atoms in total. The lowest BCUT2D eigenvalue weighted by atomic mass is 9.92. The smallest absolute Gasteiger partial charge is 0.304 e. The van der Waals surface area contributed by atoms with Crippen LogP contribution in [0.1, 0.15) is 24.8 Å². The third kappa shape index (κ3) is 2.24. The van der Waals surface area contributed by atoms with Crippen molar-refractivity contribution in [2.75, 3.05) is 7.11 Å². The van der Waals surface area contributed by atoms with E-state index in [2.05, 4.69) is 15.9 Å². The SMILES string of the molecule is COc1cc(C2(CC(=O)O)CC2)c(Br)cc1O. The minimum absolute atomic E-state index is 0.0502. The van der Waals surface area contributed by atoms with Crippen molar-refractivity contribution in [3.8, 4) is 11.5 Å². The van der Waals surface area contributed by atoms with E-state index < -0.39 is 5.97 Å². The molecule has 2 rings (SSSR count). The highest BCUT2D eigenvalue weighted by atomic mass is 79.9. The molecule has 1 saturated carbocycles. The van der Waals surface area contributed by atoms with E-state index >= 15 is 0 Å². The van der Waals surface area contributed by atoms with Crippen LogP contribution in [0, 0.1) is 0 Å². The van der Waals surface area contributed by atoms with Crippen molar-refractivity contribution >= 4 is 21.9 Å². The van der Waals surface area contributed by atoms with Gasteiger partial charge >= 0.3 is 5.97 Å². The largest absolute Gasteiger partial charge is 0.504 e. The third-order valence-electron chi connectivity index (χ3n) is 3.18. The van der Waals surface area contributed by atoms with Crippen LogP contribution >= 0.6 is 15.9 Å². The van der Waals surface area contributed by atoms with E-state index in [1.165, 1.54) is 7.11 Å². The highest BCUT2D eigenvalue weighted by Crippen LogP contribution is 2.54. The number of rotatable bonds is 4. The number of carbonyl (C=O) groups is 1. The summed E-state index contributed by atoms with van der Waals surface area (Å²) in [6, 6.07) is 3.27. The Bertz CT molecular complexity index is 466. The maximum Gasteiger partial charge on any atom is 0.304 e. The van der Waals surface area contributed by atoms with Crippen LogP contribution in [-0.4, -0.2) is 23.3 Å². The number of aromatic hydroxyl groups is 1. The number of carboxylic acids is 1. The number of hydrogen-bond donors (Lipinski definition) is 2. The standard InChI is InChI=1S/C12H13BrO4/c1-17-10-4-7(8(13)5-9(10)14)12(2-3-12)6-11(15)16/h4-5,14H,2-3,6H2,1H3,(H,15,16). The Balaban J connectivity index is 2.42. The zero-order chi connectivity index (χ0) is 12.6. The van der Waals surface area contributed by atoms with Gasteiger partial charge in [-0.1, -0.05) is 15.9 Å². The summed E-state index contributed by atoms with van der Waals surface area (Å²) in [6.07, 6.45) is 1.82. The van der Waals surface area contributed by atoms with Crippen molar-refractivity contribution in [1.82, 2.24) is 0 Å². The average Bonchev–Trinajstić information content (AvgIpc) is 2.97. The number of carboxylic acid groups (broad SMARTS) is 1. The molecule has 1 aromatic rings. The minimum atomic E-state index is -0.804. The highest BCUT2D eigenvalue weighted by molar-refractivity contribution is 9.10. The van der Waals surface area contributed by atoms with Crippen molar-refractivity contribution in [3.05, 3.63) is 22.2 Å². The molecule has 0 bridgehead atoms. The fraction of sp³-hybridized carbons (Fsp3) is 0.417. The van der Waals surface area contributed by atoms with Crippen LogP contribution in [0.2, 0.25) is 0 Å². The summed E-state index contributed by atoms with van der Waals surface area (Å²) in [4.78, 5) is 10.9. The molecule has 0 unspecified atom stereocenters. The molecule has 0 saturated heterocycles. The Morgan fingerprint density at radius 1 is 1.53 bits per heavy atom. The van der Waals surface area contributed by atoms with Gasteiger partial charge in [0.15, 0.2) is 11.5 Å². The monoisotopic (exact) mass is 300 g/mol. The van der Waals surface area contributed by atoms with Gasteiger partial charge in [0.05, 0.1) is 13.5 Å². The molecule has 0 aliphatic heterocycles. The van der Waals surface area contributed by atoms with Gasteiger partial charge in [0.2, 0.25) is 0 Å². The van der Waals surface area contributed by atoms with Crippen LogP contribution in [0.4, 0.5) is 0 Å². The summed E-state index contributed by atoms with van der Waals surface area (Å²) >= 11 is 3.37. The molecule has 2 N–H and O–H groups in total. The zero-order valence-electron chi connectivity index (χ0n) is 9.36. The van der Waals surface area contributed by atoms with Crippen LogP contribution in [-0.2, 0) is 10.2 Å². The molecular weight excluding hydrogens is 288 g/mol. The highest BCUT2D eigenvalue weighted by Gasteiger charge is 2.47. The molecular formula is C12H13BrO4. The van der Waals surface area contributed by atoms with E-state index in [0.29, 0.717) is 5.75 Å². The number of ether oxygens (including phenoxy) is 1. The van der Waals surface area contributed by atoms with Crippen LogP contribution in [0.3, 0.4) is 0 Å². The fourth-order valence-electron chi connectivity index (χ4n) is 2.09. The van der Waals surface area contributed by atoms with Gasteiger partial charge in [0, 0.05) is 9.89 Å². The summed E-state index contributed by atoms with van der Waals surface area (Å²) in [5, 5.41) is 18.5. The molecule has 17 heavy (non-hydrogen) atoms. The first-order valence-electron chi connectivity index (χ1n) is 5.27. The van der Waals surface area contributed by atoms with Crippen molar-refractivity contribution in [2.24, 2.45) is 0 Å². The van der Waals surface area contributed by atoms with E-state index in [-0.39, 0.29) is 17.6 Å². The molecule has 0 aromatic heterocycles. The summed E-state index contributed by atoms with van der Waals surface area (Å²) in [6.45, 7) is 0. The van der Waals surface area contributed by atoms with Crippen molar-refractivity contribution < 1.29 is 19.7 Å². The first kappa shape index (κ1) is 12.2. The number of phenols is 1. The molecule has 1 aromatic carbocycles. The number of benzene rings is 1. The van der Waals surface area contributed by atoms with Gasteiger partial charge < -0.3 is 14.9 Å². The van der Waals surface area contributed by atoms with Gasteiger partial charge in [-0.05, 0) is 30.5 Å². The van der Waals surface area contributed by atoms with Crippen LogP contribution < -0.4 is 4.74 Å². The summed E-state index contributed by atoms with van der Waals surface area (Å²) in [5.41, 5.74) is 0.598. The predicted octanol–water partition coefficient (Wildman–Crippen LogP) is 2.67. The van der Waals surface area contributed by atoms with Crippen molar-refractivity contribution in [1.29, 1.82) is 0 Å². The third-order valence-corrected chi connectivity index (χ3v) is 3.84. The van der Waals surface area contributed by atoms with E-state index in [1.807, 2.05) is 0 Å². The summed E-state index contributed by atoms with van der Waals surface area (Å²) < 4.78 is 5.78. The maximum absolute atomic E-state index is 10.9. The molecule has 0 amide bonds. The quantitative estimate of drug-likeness (QED) is 0.897. The molecule has 0 heterocycles. The lowest BCUT2D eigenvalue weighted by Crippen LogP contribution is -2.13. The van der Waals surface area contributed by atoms with Gasteiger partial charge in [-0.3, -0.25) is 4.79 Å². The topological polar surface area (TPSA) is 66.8 Å².